The highest BCUT2D eigenvalue weighted by atomic mass is 35.5. The van der Waals surface area contributed by atoms with Crippen LogP contribution in [0.5, 0.6) is 0 Å². The van der Waals surface area contributed by atoms with E-state index in [1.165, 1.54) is 6.92 Å². The van der Waals surface area contributed by atoms with E-state index in [0.29, 0.717) is 0 Å². The van der Waals surface area contributed by atoms with E-state index in [0.717, 1.165) is 12.1 Å². The minimum atomic E-state index is -3.77. The van der Waals surface area contributed by atoms with Gasteiger partial charge in [-0.25, -0.2) is 17.5 Å². The maximum absolute atomic E-state index is 13.1. The van der Waals surface area contributed by atoms with Crippen LogP contribution in [0.4, 0.5) is 10.1 Å². The Morgan fingerprint density at radius 3 is 2.71 bits per heavy atom. The van der Waals surface area contributed by atoms with Gasteiger partial charge in [0.2, 0.25) is 10.0 Å². The van der Waals surface area contributed by atoms with Crippen molar-refractivity contribution in [2.24, 2.45) is 0 Å². The number of halogens is 2. The van der Waals surface area contributed by atoms with E-state index in [4.69, 9.17) is 17.3 Å². The highest BCUT2D eigenvalue weighted by Gasteiger charge is 2.18. The second kappa shape index (κ2) is 5.03. The van der Waals surface area contributed by atoms with Crippen LogP contribution in [0.25, 0.3) is 0 Å². The second-order valence-electron chi connectivity index (χ2n) is 3.48. The zero-order valence-corrected chi connectivity index (χ0v) is 10.7. The van der Waals surface area contributed by atoms with Gasteiger partial charge in [-0.3, -0.25) is 0 Å². The summed E-state index contributed by atoms with van der Waals surface area (Å²) >= 11 is 5.46. The first-order chi connectivity index (χ1) is 7.74. The first-order valence-corrected chi connectivity index (χ1v) is 6.48. The molecule has 94 valence electrons. The SMILES string of the molecule is C=C(Cl)CNS(=O)(=O)c1cc(N)c(F)cc1C. The van der Waals surface area contributed by atoms with Crippen LogP contribution in [-0.4, -0.2) is 15.0 Å². The van der Waals surface area contributed by atoms with Crippen LogP contribution in [-0.2, 0) is 10.0 Å². The number of aryl methyl sites for hydroxylation is 1. The summed E-state index contributed by atoms with van der Waals surface area (Å²) in [5.74, 6) is -0.650. The van der Waals surface area contributed by atoms with Crippen molar-refractivity contribution in [3.05, 3.63) is 35.1 Å². The lowest BCUT2D eigenvalue weighted by molar-refractivity contribution is 0.583. The zero-order chi connectivity index (χ0) is 13.2. The van der Waals surface area contributed by atoms with Crippen molar-refractivity contribution < 1.29 is 12.8 Å². The number of nitrogen functional groups attached to an aromatic ring is 1. The highest BCUT2D eigenvalue weighted by Crippen LogP contribution is 2.21. The molecule has 0 aliphatic heterocycles. The maximum Gasteiger partial charge on any atom is 0.241 e. The second-order valence-corrected chi connectivity index (χ2v) is 5.75. The summed E-state index contributed by atoms with van der Waals surface area (Å²) in [5.41, 5.74) is 5.38. The van der Waals surface area contributed by atoms with Crippen molar-refractivity contribution in [3.8, 4) is 0 Å². The van der Waals surface area contributed by atoms with E-state index < -0.39 is 15.8 Å². The average molecular weight is 279 g/mol. The van der Waals surface area contributed by atoms with Gasteiger partial charge in [-0.1, -0.05) is 18.2 Å². The van der Waals surface area contributed by atoms with Crippen LogP contribution in [0.1, 0.15) is 5.56 Å². The van der Waals surface area contributed by atoms with Crippen LogP contribution in [0.2, 0.25) is 0 Å². The van der Waals surface area contributed by atoms with E-state index in [2.05, 4.69) is 11.3 Å². The molecule has 0 saturated carbocycles. The molecule has 4 nitrogen and oxygen atoms in total. The quantitative estimate of drug-likeness (QED) is 0.824. The van der Waals surface area contributed by atoms with Crippen molar-refractivity contribution in [3.63, 3.8) is 0 Å². The van der Waals surface area contributed by atoms with Gasteiger partial charge >= 0.3 is 0 Å². The number of sulfonamides is 1. The number of hydrogen-bond donors (Lipinski definition) is 2. The lowest BCUT2D eigenvalue weighted by atomic mass is 10.2. The van der Waals surface area contributed by atoms with Crippen LogP contribution in [0.15, 0.2) is 28.6 Å². The molecule has 0 unspecified atom stereocenters. The van der Waals surface area contributed by atoms with Gasteiger partial charge in [-0.05, 0) is 24.6 Å². The van der Waals surface area contributed by atoms with Gasteiger partial charge in [-0.15, -0.1) is 0 Å². The zero-order valence-electron chi connectivity index (χ0n) is 9.13. The van der Waals surface area contributed by atoms with Gasteiger partial charge in [-0.2, -0.15) is 0 Å². The Morgan fingerprint density at radius 2 is 2.18 bits per heavy atom. The van der Waals surface area contributed by atoms with Crippen LogP contribution in [0.3, 0.4) is 0 Å². The van der Waals surface area contributed by atoms with E-state index in [-0.39, 0.29) is 27.7 Å². The maximum atomic E-state index is 13.1. The predicted molar refractivity (Wildman–Crippen MR) is 65.7 cm³/mol. The van der Waals surface area contributed by atoms with Gasteiger partial charge in [0, 0.05) is 11.6 Å². The van der Waals surface area contributed by atoms with Gasteiger partial charge in [0.05, 0.1) is 10.6 Å². The molecule has 0 bridgehead atoms. The number of anilines is 1. The summed E-state index contributed by atoms with van der Waals surface area (Å²) < 4.78 is 39.0. The number of hydrogen-bond acceptors (Lipinski definition) is 3. The van der Waals surface area contributed by atoms with Crippen molar-refractivity contribution in [1.29, 1.82) is 0 Å². The largest absolute Gasteiger partial charge is 0.396 e. The first-order valence-electron chi connectivity index (χ1n) is 4.62. The number of nitrogens with two attached hydrogens (primary N) is 1. The summed E-state index contributed by atoms with van der Waals surface area (Å²) in [5, 5.41) is 0.154. The smallest absolute Gasteiger partial charge is 0.241 e. The van der Waals surface area contributed by atoms with Gasteiger partial charge in [0.15, 0.2) is 0 Å². The highest BCUT2D eigenvalue weighted by molar-refractivity contribution is 7.89. The molecule has 1 rings (SSSR count). The molecule has 7 heteroatoms. The molecule has 0 saturated heterocycles. The van der Waals surface area contributed by atoms with Gasteiger partial charge in [0.1, 0.15) is 5.82 Å². The third-order valence-corrected chi connectivity index (χ3v) is 3.71. The van der Waals surface area contributed by atoms with Crippen molar-refractivity contribution in [2.45, 2.75) is 11.8 Å². The van der Waals surface area contributed by atoms with E-state index in [1.807, 2.05) is 0 Å². The fourth-order valence-corrected chi connectivity index (χ4v) is 2.64. The molecule has 0 fully saturated rings. The molecule has 0 heterocycles. The van der Waals surface area contributed by atoms with Gasteiger partial charge < -0.3 is 5.73 Å². The summed E-state index contributed by atoms with van der Waals surface area (Å²) in [7, 11) is -3.77. The predicted octanol–water partition coefficient (Wildman–Crippen LogP) is 1.75. The number of rotatable bonds is 4. The van der Waals surface area contributed by atoms with E-state index >= 15 is 0 Å². The van der Waals surface area contributed by atoms with Crippen molar-refractivity contribution >= 4 is 27.3 Å². The molecule has 0 spiro atoms. The Labute approximate surface area is 104 Å². The molecule has 0 amide bonds. The average Bonchev–Trinajstić information content (AvgIpc) is 2.20. The lowest BCUT2D eigenvalue weighted by Crippen LogP contribution is -2.25. The molecule has 17 heavy (non-hydrogen) atoms. The molecular formula is C10H12ClFN2O2S. The molecule has 3 N–H and O–H groups in total. The van der Waals surface area contributed by atoms with Crippen molar-refractivity contribution in [2.75, 3.05) is 12.3 Å². The lowest BCUT2D eigenvalue weighted by Gasteiger charge is -2.10. The van der Waals surface area contributed by atoms with Crippen LogP contribution < -0.4 is 10.5 Å². The Hall–Kier alpha value is -1.11. The summed E-state index contributed by atoms with van der Waals surface area (Å²) in [6.45, 7) is 4.74. The standard InChI is InChI=1S/C10H12ClFN2O2S/c1-6-3-8(12)9(13)4-10(6)17(15,16)14-5-7(2)11/h3-4,14H,2,5,13H2,1H3. The Bertz CT molecular complexity index is 558. The molecule has 0 atom stereocenters. The van der Waals surface area contributed by atoms with E-state index in [9.17, 15) is 12.8 Å². The fraction of sp³-hybridized carbons (Fsp3) is 0.200. The molecule has 0 radical (unpaired) electrons. The minimum Gasteiger partial charge on any atom is -0.396 e. The normalized spacial score (nSPS) is 11.5. The monoisotopic (exact) mass is 278 g/mol. The third-order valence-electron chi connectivity index (χ3n) is 2.04. The number of benzene rings is 1. The van der Waals surface area contributed by atoms with Crippen molar-refractivity contribution in [1.82, 2.24) is 4.72 Å². The molecule has 1 aromatic carbocycles. The Balaban J connectivity index is 3.15. The van der Waals surface area contributed by atoms with Gasteiger partial charge in [0.25, 0.3) is 0 Å². The Kier molecular flexibility index (Phi) is 4.13. The molecule has 1 aromatic rings. The van der Waals surface area contributed by atoms with Crippen LogP contribution >= 0.6 is 11.6 Å². The number of nitrogens with one attached hydrogen (secondary N) is 1. The molecule has 0 aromatic heterocycles. The first kappa shape index (κ1) is 14.0. The molecule has 0 aliphatic rings. The fourth-order valence-electron chi connectivity index (χ4n) is 1.21. The minimum absolute atomic E-state index is 0.0747. The third kappa shape index (κ3) is 3.42. The molecule has 0 aliphatic carbocycles. The summed E-state index contributed by atoms with van der Waals surface area (Å²) in [6, 6.07) is 2.14. The van der Waals surface area contributed by atoms with Crippen LogP contribution in [0, 0.1) is 12.7 Å². The summed E-state index contributed by atoms with van der Waals surface area (Å²) in [4.78, 5) is -0.0747. The topological polar surface area (TPSA) is 72.2 Å². The Morgan fingerprint density at radius 1 is 1.59 bits per heavy atom. The summed E-state index contributed by atoms with van der Waals surface area (Å²) in [6.07, 6.45) is 0. The molecular weight excluding hydrogens is 267 g/mol. The van der Waals surface area contributed by atoms with E-state index in [1.54, 1.807) is 0 Å².